The van der Waals surface area contributed by atoms with E-state index in [1.807, 2.05) is 54.6 Å². The predicted octanol–water partition coefficient (Wildman–Crippen LogP) is 5.56. The monoisotopic (exact) mass is 459 g/mol. The van der Waals surface area contributed by atoms with E-state index in [-0.39, 0.29) is 29.4 Å². The maximum absolute atomic E-state index is 13.2. The number of benzene rings is 3. The van der Waals surface area contributed by atoms with Gasteiger partial charge in [0.1, 0.15) is 5.75 Å². The number of rotatable bonds is 9. The molecule has 0 spiro atoms. The van der Waals surface area contributed by atoms with Crippen molar-refractivity contribution in [2.75, 3.05) is 20.8 Å². The van der Waals surface area contributed by atoms with Crippen LogP contribution in [0.1, 0.15) is 54.7 Å². The molecular weight excluding hydrogens is 426 g/mol. The van der Waals surface area contributed by atoms with Gasteiger partial charge in [0.25, 0.3) is 0 Å². The number of methoxy groups -OCH3 is 2. The number of amides is 1. The number of phenolic OH excluding ortho intramolecular Hbond substituents is 1. The lowest BCUT2D eigenvalue weighted by Gasteiger charge is -2.31. The zero-order valence-electron chi connectivity index (χ0n) is 19.9. The smallest absolute Gasteiger partial charge is 0.220 e. The first-order valence-corrected chi connectivity index (χ1v) is 11.9. The van der Waals surface area contributed by atoms with Gasteiger partial charge in [-0.2, -0.15) is 0 Å². The molecule has 0 unspecified atom stereocenters. The molecule has 1 atom stereocenters. The Hall–Kier alpha value is -3.47. The Morgan fingerprint density at radius 3 is 2.29 bits per heavy atom. The summed E-state index contributed by atoms with van der Waals surface area (Å²) in [7, 11) is 3.28. The van der Waals surface area contributed by atoms with Gasteiger partial charge in [0.05, 0.1) is 14.2 Å². The molecular formula is C29H33NO4. The zero-order chi connectivity index (χ0) is 24.0. The Morgan fingerprint density at radius 1 is 0.941 bits per heavy atom. The zero-order valence-corrected chi connectivity index (χ0v) is 19.9. The van der Waals surface area contributed by atoms with Crippen LogP contribution in [0, 0.1) is 0 Å². The number of nitrogens with one attached hydrogen (secondary N) is 1. The third-order valence-electron chi connectivity index (χ3n) is 7.08. The molecule has 1 saturated carbocycles. The van der Waals surface area contributed by atoms with Crippen molar-refractivity contribution < 1.29 is 19.4 Å². The maximum atomic E-state index is 13.2. The first kappa shape index (κ1) is 23.7. The second-order valence-corrected chi connectivity index (χ2v) is 9.06. The normalized spacial score (nSPS) is 15.5. The van der Waals surface area contributed by atoms with Crippen LogP contribution in [0.5, 0.6) is 17.2 Å². The Morgan fingerprint density at radius 2 is 1.62 bits per heavy atom. The molecule has 0 heterocycles. The van der Waals surface area contributed by atoms with Gasteiger partial charge < -0.3 is 19.9 Å². The minimum Gasteiger partial charge on any atom is -0.508 e. The molecule has 0 aliphatic heterocycles. The third kappa shape index (κ3) is 5.04. The van der Waals surface area contributed by atoms with Gasteiger partial charge in [0, 0.05) is 29.9 Å². The maximum Gasteiger partial charge on any atom is 0.220 e. The molecule has 3 aromatic carbocycles. The van der Waals surface area contributed by atoms with E-state index in [0.29, 0.717) is 18.0 Å². The summed E-state index contributed by atoms with van der Waals surface area (Å²) in [5, 5.41) is 13.7. The molecule has 0 radical (unpaired) electrons. The quantitative estimate of drug-likeness (QED) is 0.440. The van der Waals surface area contributed by atoms with Crippen LogP contribution in [0.3, 0.4) is 0 Å². The topological polar surface area (TPSA) is 67.8 Å². The average molecular weight is 460 g/mol. The fourth-order valence-electron chi connectivity index (χ4n) is 5.19. The first-order valence-electron chi connectivity index (χ1n) is 11.9. The van der Waals surface area contributed by atoms with Crippen LogP contribution >= 0.6 is 0 Å². The molecule has 3 aromatic rings. The molecule has 1 aliphatic rings. The first-order chi connectivity index (χ1) is 16.6. The summed E-state index contributed by atoms with van der Waals surface area (Å²) in [6.07, 6.45) is 4.57. The van der Waals surface area contributed by atoms with Gasteiger partial charge in [-0.05, 0) is 42.2 Å². The summed E-state index contributed by atoms with van der Waals surface area (Å²) in [6.45, 7) is 0.573. The van der Waals surface area contributed by atoms with E-state index in [4.69, 9.17) is 9.47 Å². The van der Waals surface area contributed by atoms with Crippen LogP contribution in [0.2, 0.25) is 0 Å². The van der Waals surface area contributed by atoms with Crippen LogP contribution in [0.25, 0.3) is 0 Å². The molecule has 0 aromatic heterocycles. The minimum absolute atomic E-state index is 0.0242. The van der Waals surface area contributed by atoms with Gasteiger partial charge >= 0.3 is 0 Å². The molecule has 5 heteroatoms. The van der Waals surface area contributed by atoms with E-state index in [1.54, 1.807) is 26.4 Å². The molecule has 5 nitrogen and oxygen atoms in total. The second-order valence-electron chi connectivity index (χ2n) is 9.06. The van der Waals surface area contributed by atoms with E-state index in [9.17, 15) is 9.90 Å². The van der Waals surface area contributed by atoms with Gasteiger partial charge in [-0.3, -0.25) is 4.79 Å². The summed E-state index contributed by atoms with van der Waals surface area (Å²) in [4.78, 5) is 13.2. The largest absolute Gasteiger partial charge is 0.508 e. The number of carbonyl (C=O) groups is 1. The Balaban J connectivity index is 1.53. The van der Waals surface area contributed by atoms with E-state index in [2.05, 4.69) is 11.4 Å². The van der Waals surface area contributed by atoms with E-state index >= 15 is 0 Å². The summed E-state index contributed by atoms with van der Waals surface area (Å²) in [5.41, 5.74) is 2.82. The SMILES string of the molecule is COc1ccc(C2(CNC(=O)C[C@H](c3ccccc3)c3ccccc3O)CCCC2)cc1OC. The number of hydrogen-bond donors (Lipinski definition) is 2. The summed E-state index contributed by atoms with van der Waals surface area (Å²) in [5.74, 6) is 1.38. The Bertz CT molecular complexity index is 1110. The highest BCUT2D eigenvalue weighted by Gasteiger charge is 2.37. The predicted molar refractivity (Wildman–Crippen MR) is 134 cm³/mol. The lowest BCUT2D eigenvalue weighted by molar-refractivity contribution is -0.121. The van der Waals surface area contributed by atoms with Gasteiger partial charge in [-0.15, -0.1) is 0 Å². The molecule has 34 heavy (non-hydrogen) atoms. The molecule has 0 bridgehead atoms. The number of aromatic hydroxyl groups is 1. The summed E-state index contributed by atoms with van der Waals surface area (Å²) in [6, 6.07) is 23.2. The molecule has 1 fully saturated rings. The molecule has 1 aliphatic carbocycles. The molecule has 2 N–H and O–H groups in total. The van der Waals surface area contributed by atoms with Gasteiger partial charge in [-0.25, -0.2) is 0 Å². The summed E-state index contributed by atoms with van der Waals surface area (Å²) >= 11 is 0. The number of ether oxygens (including phenoxy) is 2. The van der Waals surface area contributed by atoms with Crippen molar-refractivity contribution in [2.45, 2.75) is 43.4 Å². The number of phenols is 1. The van der Waals surface area contributed by atoms with Crippen LogP contribution in [0.15, 0.2) is 72.8 Å². The van der Waals surface area contributed by atoms with Crippen molar-refractivity contribution in [3.05, 3.63) is 89.5 Å². The van der Waals surface area contributed by atoms with Gasteiger partial charge in [0.15, 0.2) is 11.5 Å². The molecule has 4 rings (SSSR count). The summed E-state index contributed by atoms with van der Waals surface area (Å²) < 4.78 is 10.9. The highest BCUT2D eigenvalue weighted by Crippen LogP contribution is 2.43. The highest BCUT2D eigenvalue weighted by atomic mass is 16.5. The lowest BCUT2D eigenvalue weighted by atomic mass is 9.78. The Kier molecular flexibility index (Phi) is 7.41. The van der Waals surface area contributed by atoms with Crippen LogP contribution in [-0.4, -0.2) is 31.8 Å². The lowest BCUT2D eigenvalue weighted by Crippen LogP contribution is -2.39. The van der Waals surface area contributed by atoms with Gasteiger partial charge in [-0.1, -0.05) is 67.4 Å². The fraction of sp³-hybridized carbons (Fsp3) is 0.345. The van der Waals surface area contributed by atoms with E-state index in [1.165, 1.54) is 5.56 Å². The number of carbonyl (C=O) groups excluding carboxylic acids is 1. The molecule has 178 valence electrons. The van der Waals surface area contributed by atoms with Crippen molar-refractivity contribution in [1.29, 1.82) is 0 Å². The number of hydrogen-bond acceptors (Lipinski definition) is 4. The van der Waals surface area contributed by atoms with Gasteiger partial charge in [0.2, 0.25) is 5.91 Å². The highest BCUT2D eigenvalue weighted by molar-refractivity contribution is 5.78. The van der Waals surface area contributed by atoms with Crippen molar-refractivity contribution in [1.82, 2.24) is 5.32 Å². The van der Waals surface area contributed by atoms with Crippen LogP contribution in [-0.2, 0) is 10.2 Å². The van der Waals surface area contributed by atoms with Crippen LogP contribution in [0.4, 0.5) is 0 Å². The third-order valence-corrected chi connectivity index (χ3v) is 7.08. The van der Waals surface area contributed by atoms with E-state index < -0.39 is 0 Å². The molecule has 1 amide bonds. The average Bonchev–Trinajstić information content (AvgIpc) is 3.37. The fourth-order valence-corrected chi connectivity index (χ4v) is 5.19. The standard InChI is InChI=1S/C29H33NO4/c1-33-26-15-14-22(18-27(26)34-2)29(16-8-9-17-29)20-30-28(32)19-24(21-10-4-3-5-11-21)23-12-6-7-13-25(23)31/h3-7,10-15,18,24,31H,8-9,16-17,19-20H2,1-2H3,(H,30,32)/t24-/m1/s1. The van der Waals surface area contributed by atoms with E-state index in [0.717, 1.165) is 36.8 Å². The van der Waals surface area contributed by atoms with Crippen molar-refractivity contribution in [3.63, 3.8) is 0 Å². The number of para-hydroxylation sites is 1. The van der Waals surface area contributed by atoms with Crippen molar-refractivity contribution in [3.8, 4) is 17.2 Å². The second kappa shape index (κ2) is 10.6. The van der Waals surface area contributed by atoms with Crippen LogP contribution < -0.4 is 14.8 Å². The minimum atomic E-state index is -0.219. The van der Waals surface area contributed by atoms with Crippen molar-refractivity contribution in [2.24, 2.45) is 0 Å². The Labute approximate surface area is 201 Å². The van der Waals surface area contributed by atoms with Crippen molar-refractivity contribution >= 4 is 5.91 Å². The molecule has 0 saturated heterocycles.